The summed E-state index contributed by atoms with van der Waals surface area (Å²) in [5.74, 6) is 1.06. The smallest absolute Gasteiger partial charge is 0.273 e. The lowest BCUT2D eigenvalue weighted by Crippen LogP contribution is -2.33. The predicted octanol–water partition coefficient (Wildman–Crippen LogP) is 2.39. The number of hydrogen-bond donors (Lipinski definition) is 2. The second-order valence-corrected chi connectivity index (χ2v) is 6.75. The molecule has 1 aliphatic carbocycles. The van der Waals surface area contributed by atoms with Crippen molar-refractivity contribution in [3.05, 3.63) is 46.4 Å². The fraction of sp³-hybridized carbons (Fsp3) is 0.421. The van der Waals surface area contributed by atoms with Gasteiger partial charge in [-0.15, -0.1) is 0 Å². The number of nitrogens with zero attached hydrogens (tertiary/aromatic N) is 3. The summed E-state index contributed by atoms with van der Waals surface area (Å²) in [5, 5.41) is 9.93. The molecule has 1 fully saturated rings. The lowest BCUT2D eigenvalue weighted by molar-refractivity contribution is -0.403. The van der Waals surface area contributed by atoms with Crippen molar-refractivity contribution in [3.63, 3.8) is 0 Å². The van der Waals surface area contributed by atoms with Crippen molar-refractivity contribution in [2.24, 2.45) is 21.6 Å². The third-order valence-corrected chi connectivity index (χ3v) is 4.45. The van der Waals surface area contributed by atoms with Gasteiger partial charge in [0.05, 0.1) is 18.2 Å². The standard InChI is InChI=1S/C19H24FN4O/c1-12(21)15(9-22-8-14-3-4-14)10-24-11-23-19(24)17-6-5-16(20)7-18(17)13(2)25/h5-7,9,11,13-14,25H,3-4,8,10,21H2,1-2H3/q+1/t13-/m1/s1. The SMILES string of the molecule is CC(N)=C(C=NCC1CC1)C[N+]1=CN=C1c1ccc(F)cc1[C@@H](C)O. The molecule has 1 aliphatic heterocycles. The molecule has 3 N–H and O–H groups in total. The molecular weight excluding hydrogens is 319 g/mol. The van der Waals surface area contributed by atoms with Gasteiger partial charge < -0.3 is 10.8 Å². The van der Waals surface area contributed by atoms with E-state index in [9.17, 15) is 9.50 Å². The number of aliphatic imine (C=N–C) groups is 2. The van der Waals surface area contributed by atoms with E-state index in [0.717, 1.165) is 23.6 Å². The van der Waals surface area contributed by atoms with Gasteiger partial charge in [0.1, 0.15) is 5.82 Å². The third-order valence-electron chi connectivity index (χ3n) is 4.45. The van der Waals surface area contributed by atoms with Crippen LogP contribution in [0, 0.1) is 11.7 Å². The van der Waals surface area contributed by atoms with Crippen molar-refractivity contribution in [3.8, 4) is 0 Å². The van der Waals surface area contributed by atoms with Gasteiger partial charge in [-0.3, -0.25) is 4.99 Å². The first-order valence-corrected chi connectivity index (χ1v) is 8.56. The Hall–Kier alpha value is -2.34. The van der Waals surface area contributed by atoms with Gasteiger partial charge in [-0.25, -0.2) is 8.97 Å². The quantitative estimate of drug-likeness (QED) is 0.589. The van der Waals surface area contributed by atoms with Crippen LogP contribution in [0.3, 0.4) is 0 Å². The number of rotatable bonds is 7. The summed E-state index contributed by atoms with van der Waals surface area (Å²) in [6.07, 6.45) is 5.31. The van der Waals surface area contributed by atoms with Crippen LogP contribution in [0.1, 0.15) is 43.9 Å². The molecule has 132 valence electrons. The second kappa shape index (κ2) is 7.27. The summed E-state index contributed by atoms with van der Waals surface area (Å²) >= 11 is 0. The van der Waals surface area contributed by atoms with E-state index in [1.165, 1.54) is 25.0 Å². The van der Waals surface area contributed by atoms with Crippen LogP contribution in [0.5, 0.6) is 0 Å². The Kier molecular flexibility index (Phi) is 5.08. The zero-order valence-corrected chi connectivity index (χ0v) is 14.6. The van der Waals surface area contributed by atoms with Gasteiger partial charge in [-0.1, -0.05) is 4.99 Å². The average Bonchev–Trinajstić information content (AvgIpc) is 3.34. The molecule has 0 spiro atoms. The van der Waals surface area contributed by atoms with E-state index in [0.29, 0.717) is 23.6 Å². The Morgan fingerprint density at radius 2 is 2.28 bits per heavy atom. The molecule has 0 amide bonds. The summed E-state index contributed by atoms with van der Waals surface area (Å²) in [4.78, 5) is 8.79. The average molecular weight is 343 g/mol. The van der Waals surface area contributed by atoms with Gasteiger partial charge in [0, 0.05) is 24.0 Å². The number of hydrogen-bond acceptors (Lipinski definition) is 4. The molecule has 1 aromatic rings. The summed E-state index contributed by atoms with van der Waals surface area (Å²) in [5.41, 5.74) is 8.90. The summed E-state index contributed by atoms with van der Waals surface area (Å²) in [6, 6.07) is 4.37. The largest absolute Gasteiger partial charge is 0.402 e. The number of allylic oxidation sites excluding steroid dienone is 1. The molecule has 25 heavy (non-hydrogen) atoms. The van der Waals surface area contributed by atoms with Gasteiger partial charge >= 0.3 is 0 Å². The van der Waals surface area contributed by atoms with Crippen LogP contribution in [0.25, 0.3) is 0 Å². The van der Waals surface area contributed by atoms with Crippen molar-refractivity contribution in [2.45, 2.75) is 32.8 Å². The Morgan fingerprint density at radius 1 is 1.52 bits per heavy atom. The van der Waals surface area contributed by atoms with E-state index in [4.69, 9.17) is 5.73 Å². The highest BCUT2D eigenvalue weighted by atomic mass is 19.1. The molecule has 0 aromatic heterocycles. The first-order valence-electron chi connectivity index (χ1n) is 8.56. The van der Waals surface area contributed by atoms with Crippen LogP contribution in [0.2, 0.25) is 0 Å². The Morgan fingerprint density at radius 3 is 2.84 bits per heavy atom. The fourth-order valence-electron chi connectivity index (χ4n) is 2.68. The molecule has 2 aliphatic rings. The molecule has 1 atom stereocenters. The second-order valence-electron chi connectivity index (χ2n) is 6.75. The highest BCUT2D eigenvalue weighted by Gasteiger charge is 2.27. The maximum absolute atomic E-state index is 13.5. The molecule has 6 heteroatoms. The van der Waals surface area contributed by atoms with E-state index in [1.807, 2.05) is 17.7 Å². The molecule has 1 saturated carbocycles. The number of halogens is 1. The zero-order chi connectivity index (χ0) is 18.0. The van der Waals surface area contributed by atoms with Crippen molar-refractivity contribution < 1.29 is 14.1 Å². The van der Waals surface area contributed by atoms with Crippen LogP contribution in [0.15, 0.2) is 39.5 Å². The number of aliphatic hydroxyl groups is 1. The minimum absolute atomic E-state index is 0.374. The van der Waals surface area contributed by atoms with Crippen LogP contribution >= 0.6 is 0 Å². The first kappa shape index (κ1) is 17.5. The van der Waals surface area contributed by atoms with Crippen molar-refractivity contribution in [2.75, 3.05) is 13.1 Å². The van der Waals surface area contributed by atoms with Gasteiger partial charge in [0.2, 0.25) is 6.34 Å². The third kappa shape index (κ3) is 4.20. The maximum atomic E-state index is 13.5. The highest BCUT2D eigenvalue weighted by molar-refractivity contribution is 6.03. The molecule has 0 radical (unpaired) electrons. The fourth-order valence-corrected chi connectivity index (χ4v) is 2.68. The molecule has 3 rings (SSSR count). The lowest BCUT2D eigenvalue weighted by atomic mass is 10.0. The molecule has 0 saturated heterocycles. The number of nitrogens with two attached hydrogens (primary N) is 1. The van der Waals surface area contributed by atoms with E-state index in [1.54, 1.807) is 19.3 Å². The van der Waals surface area contributed by atoms with E-state index < -0.39 is 6.10 Å². The minimum Gasteiger partial charge on any atom is -0.402 e. The van der Waals surface area contributed by atoms with Crippen molar-refractivity contribution in [1.82, 2.24) is 0 Å². The Labute approximate surface area is 147 Å². The van der Waals surface area contributed by atoms with Gasteiger partial charge in [-0.05, 0) is 56.4 Å². The summed E-state index contributed by atoms with van der Waals surface area (Å²) < 4.78 is 15.4. The lowest BCUT2D eigenvalue weighted by Gasteiger charge is -2.18. The molecule has 5 nitrogen and oxygen atoms in total. The summed E-state index contributed by atoms with van der Waals surface area (Å²) in [7, 11) is 0. The number of benzene rings is 1. The number of aliphatic hydroxyl groups excluding tert-OH is 1. The van der Waals surface area contributed by atoms with Gasteiger partial charge in [-0.2, -0.15) is 0 Å². The topological polar surface area (TPSA) is 74.0 Å². The Bertz CT molecular complexity index is 785. The molecule has 1 aromatic carbocycles. The van der Waals surface area contributed by atoms with E-state index >= 15 is 0 Å². The molecule has 0 bridgehead atoms. The first-order chi connectivity index (χ1) is 12.0. The maximum Gasteiger partial charge on any atom is 0.273 e. The number of amidine groups is 1. The van der Waals surface area contributed by atoms with E-state index in [-0.39, 0.29) is 5.82 Å². The van der Waals surface area contributed by atoms with Crippen LogP contribution in [0.4, 0.5) is 4.39 Å². The molecule has 0 unspecified atom stereocenters. The van der Waals surface area contributed by atoms with Gasteiger partial charge in [0.25, 0.3) is 5.84 Å². The van der Waals surface area contributed by atoms with Crippen LogP contribution in [-0.4, -0.2) is 41.2 Å². The normalized spacial score (nSPS) is 19.2. The van der Waals surface area contributed by atoms with Gasteiger partial charge in [0.15, 0.2) is 0 Å². The minimum atomic E-state index is -0.776. The monoisotopic (exact) mass is 343 g/mol. The van der Waals surface area contributed by atoms with E-state index in [2.05, 4.69) is 9.98 Å². The van der Waals surface area contributed by atoms with Crippen LogP contribution < -0.4 is 5.73 Å². The zero-order valence-electron chi connectivity index (χ0n) is 14.6. The molecular formula is C19H24FN4O+. The predicted molar refractivity (Wildman–Crippen MR) is 97.7 cm³/mol. The van der Waals surface area contributed by atoms with Crippen molar-refractivity contribution in [1.29, 1.82) is 0 Å². The van der Waals surface area contributed by atoms with Crippen molar-refractivity contribution >= 4 is 18.4 Å². The Balaban J connectivity index is 1.74. The highest BCUT2D eigenvalue weighted by Crippen LogP contribution is 2.28. The summed E-state index contributed by atoms with van der Waals surface area (Å²) in [6.45, 7) is 4.87. The molecule has 1 heterocycles. The van der Waals surface area contributed by atoms with Crippen LogP contribution in [-0.2, 0) is 0 Å².